The number of hydrogen-bond donors (Lipinski definition) is 1. The van der Waals surface area contributed by atoms with Crippen molar-refractivity contribution >= 4 is 16.0 Å². The van der Waals surface area contributed by atoms with E-state index in [1.54, 1.807) is 10.9 Å². The zero-order valence-corrected chi connectivity index (χ0v) is 13.1. The number of nitrogens with one attached hydrogen (secondary N) is 1. The van der Waals surface area contributed by atoms with E-state index in [4.69, 9.17) is 0 Å². The van der Waals surface area contributed by atoms with E-state index >= 15 is 0 Å². The molecule has 7 nitrogen and oxygen atoms in total. The Labute approximate surface area is 124 Å². The van der Waals surface area contributed by atoms with Crippen LogP contribution in [-0.4, -0.2) is 37.0 Å². The third kappa shape index (κ3) is 4.04. The molecular formula is C13H21N3O4S. The number of carbonyl (C=O) groups is 1. The first-order chi connectivity index (χ1) is 9.93. The van der Waals surface area contributed by atoms with Crippen LogP contribution >= 0.6 is 0 Å². The van der Waals surface area contributed by atoms with Gasteiger partial charge >= 0.3 is 5.97 Å². The Kier molecular flexibility index (Phi) is 5.00. The molecule has 1 aliphatic rings. The molecule has 0 amide bonds. The van der Waals surface area contributed by atoms with E-state index in [9.17, 15) is 13.2 Å². The van der Waals surface area contributed by atoms with Gasteiger partial charge < -0.3 is 4.74 Å². The van der Waals surface area contributed by atoms with Gasteiger partial charge in [-0.2, -0.15) is 5.10 Å². The van der Waals surface area contributed by atoms with Crippen molar-refractivity contribution in [2.45, 2.75) is 38.1 Å². The van der Waals surface area contributed by atoms with Crippen LogP contribution in [0.15, 0.2) is 6.20 Å². The number of rotatable bonds is 6. The number of aromatic nitrogens is 2. The highest BCUT2D eigenvalue weighted by Crippen LogP contribution is 2.29. The fourth-order valence-corrected chi connectivity index (χ4v) is 3.93. The fourth-order valence-electron chi connectivity index (χ4n) is 2.61. The Morgan fingerprint density at radius 3 is 3.05 bits per heavy atom. The minimum atomic E-state index is -3.41. The first kappa shape index (κ1) is 16.0. The highest BCUT2D eigenvalue weighted by molar-refractivity contribution is 7.89. The minimum absolute atomic E-state index is 0.0752. The molecular weight excluding hydrogens is 294 g/mol. The van der Waals surface area contributed by atoms with Crippen molar-refractivity contribution in [2.24, 2.45) is 7.05 Å². The van der Waals surface area contributed by atoms with Crippen molar-refractivity contribution in [3.8, 4) is 0 Å². The van der Waals surface area contributed by atoms with Gasteiger partial charge in [-0.3, -0.25) is 9.48 Å². The van der Waals surface area contributed by atoms with Crippen molar-refractivity contribution in [1.82, 2.24) is 14.5 Å². The van der Waals surface area contributed by atoms with Gasteiger partial charge in [-0.05, 0) is 25.7 Å². The summed E-state index contributed by atoms with van der Waals surface area (Å²) in [5.74, 6) is -0.466. The van der Waals surface area contributed by atoms with E-state index in [0.717, 1.165) is 30.5 Å². The highest BCUT2D eigenvalue weighted by Gasteiger charge is 2.27. The summed E-state index contributed by atoms with van der Waals surface area (Å²) in [6, 6.07) is -0.217. The molecule has 0 aromatic carbocycles. The zero-order valence-electron chi connectivity index (χ0n) is 12.3. The summed E-state index contributed by atoms with van der Waals surface area (Å²) >= 11 is 0. The second kappa shape index (κ2) is 6.57. The van der Waals surface area contributed by atoms with Crippen molar-refractivity contribution in [1.29, 1.82) is 0 Å². The Bertz CT molecular complexity index is 609. The first-order valence-corrected chi connectivity index (χ1v) is 8.66. The van der Waals surface area contributed by atoms with E-state index in [2.05, 4.69) is 14.6 Å². The number of methoxy groups -OCH3 is 1. The number of nitrogens with zero attached hydrogens (tertiary/aromatic N) is 2. The second-order valence-corrected chi connectivity index (χ2v) is 7.10. The lowest BCUT2D eigenvalue weighted by atomic mass is 9.94. The maximum absolute atomic E-state index is 12.1. The lowest BCUT2D eigenvalue weighted by molar-refractivity contribution is -0.140. The van der Waals surface area contributed by atoms with Gasteiger partial charge in [0.1, 0.15) is 0 Å². The molecule has 1 unspecified atom stereocenters. The molecule has 21 heavy (non-hydrogen) atoms. The monoisotopic (exact) mass is 315 g/mol. The number of sulfonamides is 1. The van der Waals surface area contributed by atoms with Gasteiger partial charge in [-0.1, -0.05) is 0 Å². The molecule has 0 bridgehead atoms. The summed E-state index contributed by atoms with van der Waals surface area (Å²) in [6.07, 6.45) is 4.73. The lowest BCUT2D eigenvalue weighted by Gasteiger charge is -2.23. The number of aryl methyl sites for hydroxylation is 1. The second-order valence-electron chi connectivity index (χ2n) is 5.23. The number of ether oxygens (including phenoxy) is 1. The van der Waals surface area contributed by atoms with Gasteiger partial charge in [-0.25, -0.2) is 13.1 Å². The Balaban J connectivity index is 1.96. The van der Waals surface area contributed by atoms with Crippen LogP contribution in [0.3, 0.4) is 0 Å². The predicted octanol–water partition coefficient (Wildman–Crippen LogP) is 0.670. The van der Waals surface area contributed by atoms with Gasteiger partial charge in [0.15, 0.2) is 0 Å². The van der Waals surface area contributed by atoms with E-state index in [-0.39, 0.29) is 24.6 Å². The molecule has 2 rings (SSSR count). The normalized spacial score (nSPS) is 18.3. The topological polar surface area (TPSA) is 90.3 Å². The Hall–Kier alpha value is -1.41. The van der Waals surface area contributed by atoms with Crippen molar-refractivity contribution in [2.75, 3.05) is 12.9 Å². The molecule has 1 heterocycles. The van der Waals surface area contributed by atoms with Crippen LogP contribution < -0.4 is 4.72 Å². The van der Waals surface area contributed by atoms with E-state index < -0.39 is 16.0 Å². The zero-order chi connectivity index (χ0) is 15.5. The summed E-state index contributed by atoms with van der Waals surface area (Å²) in [6.45, 7) is 0. The molecule has 118 valence electrons. The van der Waals surface area contributed by atoms with E-state index in [1.807, 2.05) is 7.05 Å². The molecule has 1 atom stereocenters. The standard InChI is InChI=1S/C13H21N3O4S/c1-16-12-6-3-5-11(10(12)9-14-16)15-21(18,19)8-4-7-13(17)20-2/h9,11,15H,3-8H2,1-2H3. The van der Waals surface area contributed by atoms with Crippen LogP contribution in [0.1, 0.15) is 43.0 Å². The van der Waals surface area contributed by atoms with Crippen LogP contribution in [0, 0.1) is 0 Å². The molecule has 8 heteroatoms. The van der Waals surface area contributed by atoms with Crippen LogP contribution in [0.2, 0.25) is 0 Å². The van der Waals surface area contributed by atoms with E-state index in [1.165, 1.54) is 7.11 Å². The lowest BCUT2D eigenvalue weighted by Crippen LogP contribution is -2.32. The third-order valence-electron chi connectivity index (χ3n) is 3.72. The number of fused-ring (bicyclic) bond motifs is 1. The summed E-state index contributed by atoms with van der Waals surface area (Å²) < 4.78 is 33.2. The summed E-state index contributed by atoms with van der Waals surface area (Å²) in [5, 5.41) is 4.20. The van der Waals surface area contributed by atoms with Crippen LogP contribution in [-0.2, 0) is 33.0 Å². The van der Waals surface area contributed by atoms with E-state index in [0.29, 0.717) is 0 Å². The molecule has 0 spiro atoms. The average molecular weight is 315 g/mol. The smallest absolute Gasteiger partial charge is 0.305 e. The summed E-state index contributed by atoms with van der Waals surface area (Å²) in [5.41, 5.74) is 2.05. The molecule has 1 aromatic heterocycles. The Morgan fingerprint density at radius 1 is 1.57 bits per heavy atom. The van der Waals surface area contributed by atoms with Gasteiger partial charge in [-0.15, -0.1) is 0 Å². The maximum Gasteiger partial charge on any atom is 0.305 e. The van der Waals surface area contributed by atoms with Crippen molar-refractivity contribution in [3.63, 3.8) is 0 Å². The predicted molar refractivity (Wildman–Crippen MR) is 77.1 cm³/mol. The van der Waals surface area contributed by atoms with Gasteiger partial charge in [0.05, 0.1) is 25.1 Å². The summed E-state index contributed by atoms with van der Waals surface area (Å²) in [4.78, 5) is 11.0. The van der Waals surface area contributed by atoms with Crippen LogP contribution in [0.5, 0.6) is 0 Å². The number of esters is 1. The minimum Gasteiger partial charge on any atom is -0.469 e. The van der Waals surface area contributed by atoms with Crippen molar-refractivity contribution < 1.29 is 17.9 Å². The molecule has 0 radical (unpaired) electrons. The van der Waals surface area contributed by atoms with Crippen LogP contribution in [0.25, 0.3) is 0 Å². The molecule has 0 aliphatic heterocycles. The highest BCUT2D eigenvalue weighted by atomic mass is 32.2. The Morgan fingerprint density at radius 2 is 2.33 bits per heavy atom. The third-order valence-corrected chi connectivity index (χ3v) is 5.19. The molecule has 1 aromatic rings. The quantitative estimate of drug-likeness (QED) is 0.779. The van der Waals surface area contributed by atoms with Gasteiger partial charge in [0.2, 0.25) is 10.0 Å². The number of carbonyl (C=O) groups excluding carboxylic acids is 1. The number of hydrogen-bond acceptors (Lipinski definition) is 5. The average Bonchev–Trinajstić information content (AvgIpc) is 2.81. The summed E-state index contributed by atoms with van der Waals surface area (Å²) in [7, 11) is -0.254. The first-order valence-electron chi connectivity index (χ1n) is 7.00. The van der Waals surface area contributed by atoms with Crippen LogP contribution in [0.4, 0.5) is 0 Å². The largest absolute Gasteiger partial charge is 0.469 e. The fraction of sp³-hybridized carbons (Fsp3) is 0.692. The molecule has 0 saturated heterocycles. The van der Waals surface area contributed by atoms with Gasteiger partial charge in [0.25, 0.3) is 0 Å². The molecule has 0 fully saturated rings. The maximum atomic E-state index is 12.1. The SMILES string of the molecule is COC(=O)CCCS(=O)(=O)NC1CCCc2c1cnn2C. The van der Waals surface area contributed by atoms with Gasteiger partial charge in [0, 0.05) is 24.7 Å². The molecule has 1 N–H and O–H groups in total. The molecule has 0 saturated carbocycles. The molecule has 1 aliphatic carbocycles. The van der Waals surface area contributed by atoms with Crippen molar-refractivity contribution in [3.05, 3.63) is 17.5 Å².